The third-order valence-corrected chi connectivity index (χ3v) is 12.1. The molecule has 3 N–H and O–H groups in total. The Balaban J connectivity index is 1.26. The molecule has 0 spiro atoms. The van der Waals surface area contributed by atoms with E-state index in [1.807, 2.05) is 30.3 Å². The minimum atomic E-state index is -3.90. The number of carbonyl (C=O) groups is 4. The number of rotatable bonds is 12. The first-order valence-electron chi connectivity index (χ1n) is 17.6. The molecule has 0 unspecified atom stereocenters. The summed E-state index contributed by atoms with van der Waals surface area (Å²) in [7, 11) is -3.90. The van der Waals surface area contributed by atoms with Crippen LogP contribution in [0.15, 0.2) is 49.1 Å². The zero-order chi connectivity index (χ0) is 37.4. The average Bonchev–Trinajstić information content (AvgIpc) is 3.97. The van der Waals surface area contributed by atoms with Gasteiger partial charge in [-0.05, 0) is 50.4 Å². The molecule has 0 bridgehead atoms. The molecule has 1 saturated heterocycles. The van der Waals surface area contributed by atoms with Gasteiger partial charge in [-0.25, -0.2) is 18.2 Å². The fourth-order valence-corrected chi connectivity index (χ4v) is 8.40. The highest BCUT2D eigenvalue weighted by Gasteiger charge is 2.62. The maximum atomic E-state index is 14.5. The average molecular weight is 757 g/mol. The van der Waals surface area contributed by atoms with E-state index in [1.54, 1.807) is 20.8 Å². The number of likely N-dealkylation sites (tertiary alicyclic amines) is 1. The Labute approximate surface area is 308 Å². The first-order valence-corrected chi connectivity index (χ1v) is 19.6. The Kier molecular flexibility index (Phi) is 10.6. The van der Waals surface area contributed by atoms with Crippen LogP contribution in [0.3, 0.4) is 0 Å². The second kappa shape index (κ2) is 14.6. The van der Waals surface area contributed by atoms with Crippen molar-refractivity contribution >= 4 is 45.4 Å². The van der Waals surface area contributed by atoms with Gasteiger partial charge in [-0.3, -0.25) is 19.1 Å². The number of nitrogens with zero attached hydrogens (tertiary/aromatic N) is 3. The smallest absolute Gasteiger partial charge is 0.408 e. The number of ether oxygens (including phenoxy) is 2. The van der Waals surface area contributed by atoms with Crippen molar-refractivity contribution in [1.82, 2.24) is 30.2 Å². The molecule has 16 heteroatoms. The van der Waals surface area contributed by atoms with Crippen molar-refractivity contribution < 1.29 is 37.1 Å². The van der Waals surface area contributed by atoms with Crippen molar-refractivity contribution in [3.63, 3.8) is 0 Å². The lowest BCUT2D eigenvalue weighted by atomic mass is 9.85. The highest BCUT2D eigenvalue weighted by molar-refractivity contribution is 7.91. The zero-order valence-corrected chi connectivity index (χ0v) is 31.0. The molecular formula is C36H45ClN6O8S. The molecule has 52 heavy (non-hydrogen) atoms. The number of hydrogen-bond donors (Lipinski definition) is 3. The van der Waals surface area contributed by atoms with Crippen LogP contribution in [0.2, 0.25) is 5.15 Å². The Morgan fingerprint density at radius 3 is 2.37 bits per heavy atom. The number of nitrogens with one attached hydrogen (secondary N) is 3. The fourth-order valence-electron chi connectivity index (χ4n) is 6.86. The van der Waals surface area contributed by atoms with Crippen molar-refractivity contribution in [2.24, 2.45) is 11.3 Å². The van der Waals surface area contributed by atoms with E-state index in [1.165, 1.54) is 17.0 Å². The molecular weight excluding hydrogens is 712 g/mol. The number of hydrogen-bond acceptors (Lipinski definition) is 10. The first-order chi connectivity index (χ1) is 24.6. The fraction of sp³-hybridized carbons (Fsp3) is 0.556. The van der Waals surface area contributed by atoms with E-state index in [0.29, 0.717) is 24.2 Å². The van der Waals surface area contributed by atoms with Gasteiger partial charge in [0, 0.05) is 24.0 Å². The molecule has 280 valence electrons. The number of sulfonamides is 1. The molecule has 4 amide bonds. The predicted octanol–water partition coefficient (Wildman–Crippen LogP) is 3.90. The number of alkyl carbamates (subject to hydrolysis) is 1. The summed E-state index contributed by atoms with van der Waals surface area (Å²) in [6, 6.07) is 8.32. The van der Waals surface area contributed by atoms with Crippen LogP contribution < -0.4 is 20.1 Å². The summed E-state index contributed by atoms with van der Waals surface area (Å²) < 4.78 is 39.4. The van der Waals surface area contributed by atoms with Crippen molar-refractivity contribution in [2.75, 3.05) is 6.54 Å². The Morgan fingerprint density at radius 2 is 1.75 bits per heavy atom. The van der Waals surface area contributed by atoms with Crippen LogP contribution in [-0.4, -0.2) is 88.7 Å². The summed E-state index contributed by atoms with van der Waals surface area (Å²) in [4.78, 5) is 65.3. The number of halogens is 1. The lowest BCUT2D eigenvalue weighted by Gasteiger charge is -2.35. The van der Waals surface area contributed by atoms with E-state index < -0.39 is 74.1 Å². The van der Waals surface area contributed by atoms with E-state index in [4.69, 9.17) is 21.1 Å². The molecule has 1 aromatic heterocycles. The highest BCUT2D eigenvalue weighted by atomic mass is 35.5. The van der Waals surface area contributed by atoms with Gasteiger partial charge in [0.1, 0.15) is 35.0 Å². The van der Waals surface area contributed by atoms with Crippen LogP contribution in [0.5, 0.6) is 5.88 Å². The van der Waals surface area contributed by atoms with Crippen LogP contribution in [-0.2, 0) is 29.1 Å². The van der Waals surface area contributed by atoms with Crippen LogP contribution in [0, 0.1) is 11.3 Å². The SMILES string of the molecule is C=C[C@@H]1C[C@]1(NC(=O)[C@@H]1C[C@@H](Oc2cc(Cl)nc(-c3ccccc3)n2)CN1C(=O)[C@@H](NC(=O)OC1CCCC1)C(C)(C)C)C(=O)NS(=O)(=O)C1CC1. The lowest BCUT2D eigenvalue weighted by Crippen LogP contribution is -2.60. The maximum Gasteiger partial charge on any atom is 0.408 e. The van der Waals surface area contributed by atoms with Crippen LogP contribution in [0.4, 0.5) is 4.79 Å². The number of benzene rings is 1. The minimum absolute atomic E-state index is 0.0138. The standard InChI is InChI=1S/C36H45ClN6O8S/c1-5-22-19-36(22,33(46)42-52(48,49)25-15-16-25)41-31(44)26-17-24(50-28-18-27(37)38-30(39-28)21-11-7-6-8-12-21)20-43(26)32(45)29(35(2,3)4)40-34(47)51-23-13-9-10-14-23/h5-8,11-12,18,22-26,29H,1,9-10,13-17,19-20H2,2-4H3,(H,40,47)(H,41,44)(H,42,46)/t22-,24-,26+,29-,36-/m1/s1. The van der Waals surface area contributed by atoms with E-state index in [9.17, 15) is 27.6 Å². The Hall–Kier alpha value is -4.24. The summed E-state index contributed by atoms with van der Waals surface area (Å²) in [5.74, 6) is -2.18. The summed E-state index contributed by atoms with van der Waals surface area (Å²) in [6.07, 6.45) is 4.19. The molecule has 1 aliphatic heterocycles. The van der Waals surface area contributed by atoms with Gasteiger partial charge in [-0.2, -0.15) is 4.98 Å². The molecule has 3 saturated carbocycles. The van der Waals surface area contributed by atoms with E-state index in [-0.39, 0.29) is 36.5 Å². The number of aromatic nitrogens is 2. The highest BCUT2D eigenvalue weighted by Crippen LogP contribution is 2.45. The molecule has 4 fully saturated rings. The molecule has 2 heterocycles. The van der Waals surface area contributed by atoms with Crippen molar-refractivity contribution in [2.45, 2.75) is 107 Å². The molecule has 0 radical (unpaired) electrons. The number of carbonyl (C=O) groups excluding carboxylic acids is 4. The quantitative estimate of drug-likeness (QED) is 0.212. The zero-order valence-electron chi connectivity index (χ0n) is 29.5. The normalized spacial score (nSPS) is 25.2. The van der Waals surface area contributed by atoms with Crippen molar-refractivity contribution in [3.8, 4) is 17.3 Å². The first kappa shape index (κ1) is 37.5. The minimum Gasteiger partial charge on any atom is -0.472 e. The largest absolute Gasteiger partial charge is 0.472 e. The van der Waals surface area contributed by atoms with Gasteiger partial charge in [0.2, 0.25) is 27.7 Å². The monoisotopic (exact) mass is 756 g/mol. The van der Waals surface area contributed by atoms with Crippen molar-refractivity contribution in [3.05, 3.63) is 54.2 Å². The van der Waals surface area contributed by atoms with E-state index in [2.05, 4.69) is 31.9 Å². The molecule has 14 nitrogen and oxygen atoms in total. The third kappa shape index (κ3) is 8.35. The second-order valence-corrected chi connectivity index (χ2v) is 17.5. The van der Waals surface area contributed by atoms with Gasteiger partial charge in [0.25, 0.3) is 5.91 Å². The van der Waals surface area contributed by atoms with Crippen LogP contribution in [0.25, 0.3) is 11.4 Å². The van der Waals surface area contributed by atoms with Gasteiger partial charge >= 0.3 is 6.09 Å². The topological polar surface area (TPSA) is 186 Å². The molecule has 1 aromatic carbocycles. The lowest BCUT2D eigenvalue weighted by molar-refractivity contribution is -0.143. The molecule has 4 aliphatic rings. The predicted molar refractivity (Wildman–Crippen MR) is 191 cm³/mol. The van der Waals surface area contributed by atoms with Gasteiger partial charge in [0.05, 0.1) is 11.8 Å². The van der Waals surface area contributed by atoms with Gasteiger partial charge in [-0.1, -0.05) is 68.8 Å². The Morgan fingerprint density at radius 1 is 1.06 bits per heavy atom. The van der Waals surface area contributed by atoms with E-state index >= 15 is 0 Å². The van der Waals surface area contributed by atoms with Gasteiger partial charge < -0.3 is 25.0 Å². The summed E-state index contributed by atoms with van der Waals surface area (Å²) in [5, 5.41) is 5.00. The Bertz CT molecular complexity index is 1830. The van der Waals surface area contributed by atoms with Crippen LogP contribution in [0.1, 0.15) is 72.1 Å². The molecule has 2 aromatic rings. The van der Waals surface area contributed by atoms with Crippen molar-refractivity contribution in [1.29, 1.82) is 0 Å². The molecule has 3 aliphatic carbocycles. The summed E-state index contributed by atoms with van der Waals surface area (Å²) in [6.45, 7) is 9.05. The second-order valence-electron chi connectivity index (χ2n) is 15.1. The third-order valence-electron chi connectivity index (χ3n) is 10.0. The van der Waals surface area contributed by atoms with E-state index in [0.717, 1.165) is 25.7 Å². The van der Waals surface area contributed by atoms with Gasteiger partial charge in [0.15, 0.2) is 5.82 Å². The maximum absolute atomic E-state index is 14.5. The number of amides is 4. The van der Waals surface area contributed by atoms with Crippen LogP contribution >= 0.6 is 11.6 Å². The van der Waals surface area contributed by atoms with Gasteiger partial charge in [-0.15, -0.1) is 6.58 Å². The summed E-state index contributed by atoms with van der Waals surface area (Å²) in [5.41, 5.74) is -1.67. The summed E-state index contributed by atoms with van der Waals surface area (Å²) >= 11 is 6.35. The molecule has 5 atom stereocenters. The molecule has 6 rings (SSSR count).